The molecular formula is C18H22F2N2O2S. The first-order valence-electron chi connectivity index (χ1n) is 8.19. The van der Waals surface area contributed by atoms with Gasteiger partial charge in [-0.25, -0.2) is 13.8 Å². The van der Waals surface area contributed by atoms with Crippen molar-refractivity contribution >= 4 is 28.1 Å². The molecule has 0 atom stereocenters. The molecule has 0 fully saturated rings. The van der Waals surface area contributed by atoms with E-state index in [-0.39, 0.29) is 17.1 Å². The van der Waals surface area contributed by atoms with Crippen molar-refractivity contribution in [2.75, 3.05) is 12.4 Å². The number of thiazole rings is 1. The van der Waals surface area contributed by atoms with Gasteiger partial charge < -0.3 is 10.1 Å². The summed E-state index contributed by atoms with van der Waals surface area (Å²) in [5, 5.41) is 5.35. The molecule has 0 saturated carbocycles. The van der Waals surface area contributed by atoms with Crippen molar-refractivity contribution in [1.82, 2.24) is 4.98 Å². The zero-order valence-electron chi connectivity index (χ0n) is 14.6. The van der Waals surface area contributed by atoms with Crippen LogP contribution in [0.1, 0.15) is 45.2 Å². The topological polar surface area (TPSA) is 51.2 Å². The summed E-state index contributed by atoms with van der Waals surface area (Å²) in [6.45, 7) is 4.12. The standard InChI is InChI=1S/C18H22F2N2O2S/c1-4-18(5-2,9-8-16(23)24-3)15-11-25-17(22-15)21-14-7-6-12(19)10-13(14)20/h6-7,10-11H,4-5,8-9H2,1-3H3,(H,21,22). The fourth-order valence-corrected chi connectivity index (χ4v) is 3.66. The lowest BCUT2D eigenvalue weighted by atomic mass is 9.76. The van der Waals surface area contributed by atoms with Crippen LogP contribution in [0, 0.1) is 11.6 Å². The molecule has 0 aliphatic heterocycles. The van der Waals surface area contributed by atoms with E-state index in [0.29, 0.717) is 18.0 Å². The normalized spacial score (nSPS) is 11.4. The first kappa shape index (κ1) is 19.3. The number of methoxy groups -OCH3 is 1. The lowest BCUT2D eigenvalue weighted by molar-refractivity contribution is -0.141. The lowest BCUT2D eigenvalue weighted by Crippen LogP contribution is -2.26. The average Bonchev–Trinajstić information content (AvgIpc) is 3.07. The molecule has 0 bridgehead atoms. The summed E-state index contributed by atoms with van der Waals surface area (Å²) in [5.41, 5.74) is 0.818. The Labute approximate surface area is 150 Å². The highest BCUT2D eigenvalue weighted by Gasteiger charge is 2.32. The molecule has 0 unspecified atom stereocenters. The van der Waals surface area contributed by atoms with Gasteiger partial charge in [-0.3, -0.25) is 4.79 Å². The molecule has 4 nitrogen and oxygen atoms in total. The highest BCUT2D eigenvalue weighted by atomic mass is 32.1. The third-order valence-electron chi connectivity index (χ3n) is 4.61. The first-order valence-corrected chi connectivity index (χ1v) is 9.07. The molecule has 1 N–H and O–H groups in total. The number of ether oxygens (including phenoxy) is 1. The van der Waals surface area contributed by atoms with Gasteiger partial charge in [-0.15, -0.1) is 11.3 Å². The van der Waals surface area contributed by atoms with Crippen LogP contribution in [0.25, 0.3) is 0 Å². The lowest BCUT2D eigenvalue weighted by Gasteiger charge is -2.29. The quantitative estimate of drug-likeness (QED) is 0.653. The SMILES string of the molecule is CCC(CC)(CCC(=O)OC)c1csc(Nc2ccc(F)cc2F)n1. The van der Waals surface area contributed by atoms with E-state index < -0.39 is 11.6 Å². The average molecular weight is 368 g/mol. The van der Waals surface area contributed by atoms with Gasteiger partial charge in [-0.05, 0) is 31.4 Å². The monoisotopic (exact) mass is 368 g/mol. The van der Waals surface area contributed by atoms with Crippen molar-refractivity contribution in [3.63, 3.8) is 0 Å². The number of hydrogen-bond donors (Lipinski definition) is 1. The smallest absolute Gasteiger partial charge is 0.305 e. The number of halogens is 2. The maximum Gasteiger partial charge on any atom is 0.305 e. The molecule has 136 valence electrons. The summed E-state index contributed by atoms with van der Waals surface area (Å²) < 4.78 is 31.5. The van der Waals surface area contributed by atoms with E-state index in [0.717, 1.165) is 24.6 Å². The van der Waals surface area contributed by atoms with Gasteiger partial charge in [0.25, 0.3) is 0 Å². The van der Waals surface area contributed by atoms with Crippen molar-refractivity contribution in [3.8, 4) is 0 Å². The number of aromatic nitrogens is 1. The van der Waals surface area contributed by atoms with Gasteiger partial charge in [0.05, 0.1) is 18.5 Å². The molecule has 2 rings (SSSR count). The van der Waals surface area contributed by atoms with E-state index in [2.05, 4.69) is 24.1 Å². The number of benzene rings is 1. The Bertz CT molecular complexity index is 730. The minimum absolute atomic E-state index is 0.176. The van der Waals surface area contributed by atoms with Gasteiger partial charge in [0.15, 0.2) is 5.13 Å². The van der Waals surface area contributed by atoms with Gasteiger partial charge in [0.2, 0.25) is 0 Å². The number of hydrogen-bond acceptors (Lipinski definition) is 5. The van der Waals surface area contributed by atoms with Crippen LogP contribution in [-0.2, 0) is 14.9 Å². The molecule has 0 spiro atoms. The Morgan fingerprint density at radius 2 is 2.04 bits per heavy atom. The third kappa shape index (κ3) is 4.54. The van der Waals surface area contributed by atoms with Crippen LogP contribution in [0.15, 0.2) is 23.6 Å². The molecule has 25 heavy (non-hydrogen) atoms. The zero-order valence-corrected chi connectivity index (χ0v) is 15.4. The maximum atomic E-state index is 13.8. The van der Waals surface area contributed by atoms with Crippen LogP contribution in [0.2, 0.25) is 0 Å². The molecule has 0 aliphatic rings. The number of esters is 1. The highest BCUT2D eigenvalue weighted by molar-refractivity contribution is 7.13. The first-order chi connectivity index (χ1) is 11.9. The molecule has 1 aromatic carbocycles. The maximum absolute atomic E-state index is 13.8. The molecule has 0 radical (unpaired) electrons. The summed E-state index contributed by atoms with van der Waals surface area (Å²) in [6, 6.07) is 3.37. The molecule has 0 amide bonds. The van der Waals surface area contributed by atoms with Gasteiger partial charge in [0.1, 0.15) is 11.6 Å². The number of anilines is 2. The summed E-state index contributed by atoms with van der Waals surface area (Å²) in [4.78, 5) is 16.1. The zero-order chi connectivity index (χ0) is 18.4. The van der Waals surface area contributed by atoms with Crippen LogP contribution in [0.3, 0.4) is 0 Å². The van der Waals surface area contributed by atoms with E-state index in [1.807, 2.05) is 5.38 Å². The van der Waals surface area contributed by atoms with Crippen molar-refractivity contribution in [1.29, 1.82) is 0 Å². The van der Waals surface area contributed by atoms with E-state index >= 15 is 0 Å². The number of nitrogens with zero attached hydrogens (tertiary/aromatic N) is 1. The highest BCUT2D eigenvalue weighted by Crippen LogP contribution is 2.38. The Balaban J connectivity index is 2.20. The van der Waals surface area contributed by atoms with E-state index in [1.165, 1.54) is 30.6 Å². The fraction of sp³-hybridized carbons (Fsp3) is 0.444. The molecule has 1 aromatic heterocycles. The third-order valence-corrected chi connectivity index (χ3v) is 5.37. The van der Waals surface area contributed by atoms with Gasteiger partial charge in [0, 0.05) is 23.3 Å². The molecule has 2 aromatic rings. The Kier molecular flexibility index (Phi) is 6.47. The summed E-state index contributed by atoms with van der Waals surface area (Å²) in [6.07, 6.45) is 2.62. The van der Waals surface area contributed by atoms with E-state index in [9.17, 15) is 13.6 Å². The van der Waals surface area contributed by atoms with Crippen molar-refractivity contribution in [2.45, 2.75) is 44.9 Å². The van der Waals surface area contributed by atoms with Crippen LogP contribution < -0.4 is 5.32 Å². The Hall–Kier alpha value is -2.02. The van der Waals surface area contributed by atoms with Crippen molar-refractivity contribution < 1.29 is 18.3 Å². The second-order valence-corrected chi connectivity index (χ2v) is 6.71. The number of nitrogens with one attached hydrogen (secondary N) is 1. The second kappa shape index (κ2) is 8.38. The van der Waals surface area contributed by atoms with Crippen molar-refractivity contribution in [3.05, 3.63) is 40.9 Å². The molecular weight excluding hydrogens is 346 g/mol. The Morgan fingerprint density at radius 3 is 2.64 bits per heavy atom. The molecule has 0 aliphatic carbocycles. The largest absolute Gasteiger partial charge is 0.469 e. The van der Waals surface area contributed by atoms with Gasteiger partial charge in [-0.2, -0.15) is 0 Å². The molecule has 7 heteroatoms. The van der Waals surface area contributed by atoms with E-state index in [4.69, 9.17) is 4.74 Å². The number of carbonyl (C=O) groups is 1. The minimum Gasteiger partial charge on any atom is -0.469 e. The summed E-state index contributed by atoms with van der Waals surface area (Å²) in [7, 11) is 1.38. The van der Waals surface area contributed by atoms with Gasteiger partial charge >= 0.3 is 5.97 Å². The van der Waals surface area contributed by atoms with E-state index in [1.54, 1.807) is 0 Å². The minimum atomic E-state index is -0.667. The number of carbonyl (C=O) groups excluding carboxylic acids is 1. The van der Waals surface area contributed by atoms with Crippen LogP contribution >= 0.6 is 11.3 Å². The summed E-state index contributed by atoms with van der Waals surface area (Å²) in [5.74, 6) is -1.53. The number of rotatable bonds is 8. The molecule has 1 heterocycles. The molecule has 0 saturated heterocycles. The predicted octanol–water partition coefficient (Wildman–Crippen LogP) is 5.18. The van der Waals surface area contributed by atoms with Crippen LogP contribution in [-0.4, -0.2) is 18.1 Å². The Morgan fingerprint density at radius 1 is 1.32 bits per heavy atom. The van der Waals surface area contributed by atoms with Crippen LogP contribution in [0.4, 0.5) is 19.6 Å². The second-order valence-electron chi connectivity index (χ2n) is 5.85. The summed E-state index contributed by atoms with van der Waals surface area (Å²) >= 11 is 1.36. The predicted molar refractivity (Wildman–Crippen MR) is 95.3 cm³/mol. The fourth-order valence-electron chi connectivity index (χ4n) is 2.82. The van der Waals surface area contributed by atoms with Crippen LogP contribution in [0.5, 0.6) is 0 Å². The van der Waals surface area contributed by atoms with Gasteiger partial charge in [-0.1, -0.05) is 13.8 Å². The van der Waals surface area contributed by atoms with Crippen molar-refractivity contribution in [2.24, 2.45) is 0 Å².